The van der Waals surface area contributed by atoms with E-state index in [0.29, 0.717) is 52.0 Å². The van der Waals surface area contributed by atoms with Crippen molar-refractivity contribution in [3.63, 3.8) is 0 Å². The van der Waals surface area contributed by atoms with Gasteiger partial charge in [0.2, 0.25) is 17.7 Å². The van der Waals surface area contributed by atoms with Crippen LogP contribution in [0.3, 0.4) is 0 Å². The number of carbonyl (C=O) groups excluding carboxylic acids is 4. The molecule has 1 saturated carbocycles. The van der Waals surface area contributed by atoms with Gasteiger partial charge in [-0.1, -0.05) is 67.8 Å². The second-order valence-electron chi connectivity index (χ2n) is 14.2. The van der Waals surface area contributed by atoms with Crippen LogP contribution in [0.25, 0.3) is 0 Å². The Bertz CT molecular complexity index is 1670. The summed E-state index contributed by atoms with van der Waals surface area (Å²) in [5, 5.41) is 9.58. The summed E-state index contributed by atoms with van der Waals surface area (Å²) in [5.74, 6) is -0.573. The van der Waals surface area contributed by atoms with Crippen molar-refractivity contribution >= 4 is 29.3 Å². The summed E-state index contributed by atoms with van der Waals surface area (Å²) in [5.41, 5.74) is 3.21. The molecule has 11 nitrogen and oxygen atoms in total. The normalized spacial score (nSPS) is 21.1. The summed E-state index contributed by atoms with van der Waals surface area (Å²) in [6, 6.07) is 20.6. The van der Waals surface area contributed by atoms with Gasteiger partial charge in [-0.3, -0.25) is 24.2 Å². The molecule has 262 valence electrons. The van der Waals surface area contributed by atoms with E-state index < -0.39 is 17.6 Å². The van der Waals surface area contributed by atoms with E-state index in [2.05, 4.69) is 31.9 Å². The fourth-order valence-corrected chi connectivity index (χ4v) is 8.20. The molecular weight excluding hydrogens is 630 g/mol. The van der Waals surface area contributed by atoms with E-state index in [9.17, 15) is 19.2 Å². The largest absolute Gasteiger partial charge is 0.352 e. The molecule has 0 bridgehead atoms. The van der Waals surface area contributed by atoms with Crippen molar-refractivity contribution in [3.8, 4) is 0 Å². The molecule has 2 unspecified atom stereocenters. The van der Waals surface area contributed by atoms with Crippen LogP contribution in [0, 0.1) is 0 Å². The third-order valence-electron chi connectivity index (χ3n) is 11.0. The molecule has 2 aromatic carbocycles. The quantitative estimate of drug-likeness (QED) is 0.318. The Kier molecular flexibility index (Phi) is 10.1. The standard InChI is InChI=1S/C39H47N7O4/c47-35(42-31-13-3-1-4-14-31)26-45-27-46(32-15-5-2-6-16-32)39(38(45)50)17-20-44(21-18-39)37(49)34(22-28-10-9-19-40-24-28)43-36(48)33-23-29-11-7-8-12-30(29)25-41-33/h2,5-12,15-16,19,24,31,33-34,41H,1,3-4,13-14,17-18,20-23,25-27H2,(H,42,47)(H,43,48). The maximum absolute atomic E-state index is 14.3. The van der Waals surface area contributed by atoms with Crippen LogP contribution in [0.15, 0.2) is 79.1 Å². The molecule has 0 radical (unpaired) electrons. The summed E-state index contributed by atoms with van der Waals surface area (Å²) < 4.78 is 0. The molecule has 1 spiro atoms. The first-order chi connectivity index (χ1) is 24.4. The number of carbonyl (C=O) groups is 4. The monoisotopic (exact) mass is 677 g/mol. The topological polar surface area (TPSA) is 127 Å². The molecule has 4 amide bonds. The van der Waals surface area contributed by atoms with E-state index in [0.717, 1.165) is 42.5 Å². The average Bonchev–Trinajstić information content (AvgIpc) is 3.41. The third-order valence-corrected chi connectivity index (χ3v) is 11.0. The minimum absolute atomic E-state index is 0.0158. The van der Waals surface area contributed by atoms with Gasteiger partial charge in [-0.2, -0.15) is 0 Å². The van der Waals surface area contributed by atoms with Gasteiger partial charge >= 0.3 is 0 Å². The molecule has 2 atom stereocenters. The van der Waals surface area contributed by atoms with Gasteiger partial charge in [0.25, 0.3) is 5.91 Å². The van der Waals surface area contributed by atoms with E-state index in [1.54, 1.807) is 22.2 Å². The van der Waals surface area contributed by atoms with Crippen molar-refractivity contribution in [3.05, 3.63) is 95.8 Å². The minimum atomic E-state index is -0.870. The van der Waals surface area contributed by atoms with Crippen molar-refractivity contribution in [2.75, 3.05) is 31.2 Å². The second-order valence-corrected chi connectivity index (χ2v) is 14.2. The van der Waals surface area contributed by atoms with Crippen LogP contribution >= 0.6 is 0 Å². The first-order valence-corrected chi connectivity index (χ1v) is 18.1. The van der Waals surface area contributed by atoms with Gasteiger partial charge in [-0.05, 0) is 67.0 Å². The number of amides is 4. The SMILES string of the molecule is O=C(CN1CN(c2ccccc2)C2(CCN(C(=O)C(Cc3cccnc3)NC(=O)C3Cc4ccccc4CN3)CC2)C1=O)NC1CCCCC1. The summed E-state index contributed by atoms with van der Waals surface area (Å²) in [4.78, 5) is 65.1. The molecule has 1 aliphatic carbocycles. The van der Waals surface area contributed by atoms with Gasteiger partial charge in [-0.25, -0.2) is 0 Å². The maximum Gasteiger partial charge on any atom is 0.250 e. The molecule has 3 fully saturated rings. The zero-order valence-corrected chi connectivity index (χ0v) is 28.6. The van der Waals surface area contributed by atoms with Crippen molar-refractivity contribution in [1.82, 2.24) is 30.7 Å². The number of fused-ring (bicyclic) bond motifs is 1. The zero-order valence-electron chi connectivity index (χ0n) is 28.6. The van der Waals surface area contributed by atoms with Gasteiger partial charge in [0.15, 0.2) is 0 Å². The highest BCUT2D eigenvalue weighted by Gasteiger charge is 2.54. The van der Waals surface area contributed by atoms with Crippen LogP contribution in [0.5, 0.6) is 0 Å². The number of para-hydroxylation sites is 1. The number of aromatic nitrogens is 1. The third kappa shape index (κ3) is 7.23. The Balaban J connectivity index is 1.05. The number of benzene rings is 2. The summed E-state index contributed by atoms with van der Waals surface area (Å²) in [7, 11) is 0. The highest BCUT2D eigenvalue weighted by atomic mass is 16.2. The Morgan fingerprint density at radius 1 is 0.920 bits per heavy atom. The Hall–Kier alpha value is -4.77. The molecule has 7 rings (SSSR count). The van der Waals surface area contributed by atoms with Crippen LogP contribution in [0.4, 0.5) is 5.69 Å². The van der Waals surface area contributed by atoms with Crippen LogP contribution in [-0.2, 0) is 38.6 Å². The van der Waals surface area contributed by atoms with Crippen molar-refractivity contribution in [2.45, 2.75) is 88.0 Å². The molecule has 3 N–H and O–H groups in total. The van der Waals surface area contributed by atoms with Crippen molar-refractivity contribution in [1.29, 1.82) is 0 Å². The second kappa shape index (κ2) is 15.0. The molecule has 50 heavy (non-hydrogen) atoms. The highest BCUT2D eigenvalue weighted by molar-refractivity contribution is 5.97. The van der Waals surface area contributed by atoms with Crippen LogP contribution in [0.1, 0.15) is 61.6 Å². The van der Waals surface area contributed by atoms with Crippen molar-refractivity contribution in [2.24, 2.45) is 0 Å². The number of piperidine rings is 1. The number of nitrogens with one attached hydrogen (secondary N) is 3. The van der Waals surface area contributed by atoms with E-state index in [1.807, 2.05) is 60.7 Å². The van der Waals surface area contributed by atoms with Gasteiger partial charge in [0, 0.05) is 50.2 Å². The van der Waals surface area contributed by atoms with E-state index in [1.165, 1.54) is 12.0 Å². The molecule has 4 heterocycles. The molecule has 4 aliphatic rings. The van der Waals surface area contributed by atoms with Gasteiger partial charge in [0.1, 0.15) is 18.1 Å². The Labute approximate surface area is 293 Å². The van der Waals surface area contributed by atoms with Crippen LogP contribution < -0.4 is 20.9 Å². The first-order valence-electron chi connectivity index (χ1n) is 18.1. The fourth-order valence-electron chi connectivity index (χ4n) is 8.20. The molecule has 2 saturated heterocycles. The smallest absolute Gasteiger partial charge is 0.250 e. The van der Waals surface area contributed by atoms with Gasteiger partial charge in [0.05, 0.1) is 12.7 Å². The lowest BCUT2D eigenvalue weighted by Crippen LogP contribution is -2.60. The van der Waals surface area contributed by atoms with Gasteiger partial charge in [-0.15, -0.1) is 0 Å². The van der Waals surface area contributed by atoms with Crippen LogP contribution in [-0.4, -0.2) is 88.4 Å². The zero-order chi connectivity index (χ0) is 34.5. The molecule has 1 aromatic heterocycles. The highest BCUT2D eigenvalue weighted by Crippen LogP contribution is 2.39. The van der Waals surface area contributed by atoms with Gasteiger partial charge < -0.3 is 30.7 Å². The van der Waals surface area contributed by atoms with Crippen LogP contribution in [0.2, 0.25) is 0 Å². The Morgan fingerprint density at radius 3 is 2.40 bits per heavy atom. The first kappa shape index (κ1) is 33.7. The lowest BCUT2D eigenvalue weighted by Gasteiger charge is -2.44. The maximum atomic E-state index is 14.3. The minimum Gasteiger partial charge on any atom is -0.352 e. The summed E-state index contributed by atoms with van der Waals surface area (Å²) in [6.45, 7) is 1.62. The summed E-state index contributed by atoms with van der Waals surface area (Å²) in [6.07, 6.45) is 10.5. The fraction of sp³-hybridized carbons (Fsp3) is 0.462. The van der Waals surface area contributed by atoms with E-state index in [4.69, 9.17) is 0 Å². The molecule has 3 aliphatic heterocycles. The summed E-state index contributed by atoms with van der Waals surface area (Å²) >= 11 is 0. The lowest BCUT2D eigenvalue weighted by molar-refractivity contribution is -0.141. The Morgan fingerprint density at radius 2 is 1.66 bits per heavy atom. The lowest BCUT2D eigenvalue weighted by atomic mass is 9.85. The number of likely N-dealkylation sites (tertiary alicyclic amines) is 1. The number of pyridine rings is 1. The number of hydrogen-bond acceptors (Lipinski definition) is 7. The number of anilines is 1. The number of nitrogens with zero attached hydrogens (tertiary/aromatic N) is 4. The predicted octanol–water partition coefficient (Wildman–Crippen LogP) is 2.94. The average molecular weight is 678 g/mol. The number of rotatable bonds is 9. The van der Waals surface area contributed by atoms with E-state index in [-0.39, 0.29) is 36.2 Å². The molecule has 11 heteroatoms. The molecule has 3 aromatic rings. The van der Waals surface area contributed by atoms with E-state index >= 15 is 0 Å². The van der Waals surface area contributed by atoms with Crippen molar-refractivity contribution < 1.29 is 19.2 Å². The molecular formula is C39H47N7O4. The number of hydrogen-bond donors (Lipinski definition) is 3. The predicted molar refractivity (Wildman–Crippen MR) is 190 cm³/mol.